The van der Waals surface area contributed by atoms with E-state index in [1.54, 1.807) is 4.68 Å². The molecule has 0 atom stereocenters. The molecule has 0 N–H and O–H groups in total. The lowest BCUT2D eigenvalue weighted by Gasteiger charge is -2.14. The smallest absolute Gasteiger partial charge is 0.123 e. The first-order valence-electron chi connectivity index (χ1n) is 7.94. The van der Waals surface area contributed by atoms with Crippen molar-refractivity contribution in [1.82, 2.24) is 9.78 Å². The van der Waals surface area contributed by atoms with Crippen LogP contribution in [-0.2, 0) is 13.7 Å². The van der Waals surface area contributed by atoms with Crippen molar-refractivity contribution in [1.29, 1.82) is 0 Å². The highest BCUT2D eigenvalue weighted by Crippen LogP contribution is 2.33. The molecular weight excluding hydrogens is 320 g/mol. The Hall–Kier alpha value is -2.26. The third-order valence-corrected chi connectivity index (χ3v) is 4.48. The van der Waals surface area contributed by atoms with Gasteiger partial charge >= 0.3 is 0 Å². The quantitative estimate of drug-likeness (QED) is 0.649. The van der Waals surface area contributed by atoms with Gasteiger partial charge in [0.25, 0.3) is 0 Å². The number of halogens is 1. The van der Waals surface area contributed by atoms with Crippen molar-refractivity contribution >= 4 is 11.6 Å². The van der Waals surface area contributed by atoms with Gasteiger partial charge in [-0.1, -0.05) is 35.9 Å². The molecule has 2 aromatic carbocycles. The molecule has 0 spiro atoms. The van der Waals surface area contributed by atoms with Crippen molar-refractivity contribution in [2.45, 2.75) is 27.4 Å². The summed E-state index contributed by atoms with van der Waals surface area (Å²) in [6, 6.07) is 12.4. The zero-order valence-corrected chi connectivity index (χ0v) is 15.2. The number of hydrogen-bond donors (Lipinski definition) is 0. The molecule has 1 aromatic heterocycles. The Morgan fingerprint density at radius 3 is 2.46 bits per heavy atom. The Kier molecular flexibility index (Phi) is 4.63. The molecule has 0 aliphatic heterocycles. The fraction of sp³-hybridized carbons (Fsp3) is 0.250. The van der Waals surface area contributed by atoms with E-state index in [0.29, 0.717) is 11.6 Å². The SMILES string of the molecule is Cc1ccccc1COc1cc(C)c(-c2nn(C)cc2Cl)cc1C. The third-order valence-electron chi connectivity index (χ3n) is 4.21. The number of aryl methyl sites for hydroxylation is 4. The molecule has 3 rings (SSSR count). The molecule has 0 fully saturated rings. The van der Waals surface area contributed by atoms with Crippen LogP contribution in [0.1, 0.15) is 22.3 Å². The third kappa shape index (κ3) is 3.31. The summed E-state index contributed by atoms with van der Waals surface area (Å²) >= 11 is 6.29. The Morgan fingerprint density at radius 1 is 1.04 bits per heavy atom. The highest BCUT2D eigenvalue weighted by molar-refractivity contribution is 6.33. The van der Waals surface area contributed by atoms with Gasteiger partial charge in [0.05, 0.1) is 5.02 Å². The molecule has 0 bridgehead atoms. The Bertz CT molecular complexity index is 883. The summed E-state index contributed by atoms with van der Waals surface area (Å²) in [5.74, 6) is 0.895. The predicted molar refractivity (Wildman–Crippen MR) is 98.6 cm³/mol. The molecule has 0 unspecified atom stereocenters. The van der Waals surface area contributed by atoms with E-state index in [1.807, 2.05) is 32.3 Å². The van der Waals surface area contributed by atoms with Crippen molar-refractivity contribution < 1.29 is 4.74 Å². The lowest BCUT2D eigenvalue weighted by Crippen LogP contribution is -2.00. The van der Waals surface area contributed by atoms with Gasteiger partial charge in [0, 0.05) is 18.8 Å². The summed E-state index contributed by atoms with van der Waals surface area (Å²) in [7, 11) is 1.87. The Morgan fingerprint density at radius 2 is 1.79 bits per heavy atom. The predicted octanol–water partition coefficient (Wildman–Crippen LogP) is 5.24. The summed E-state index contributed by atoms with van der Waals surface area (Å²) in [6.45, 7) is 6.77. The second kappa shape index (κ2) is 6.70. The zero-order valence-electron chi connectivity index (χ0n) is 14.4. The van der Waals surface area contributed by atoms with Crippen LogP contribution < -0.4 is 4.74 Å². The zero-order chi connectivity index (χ0) is 17.3. The van der Waals surface area contributed by atoms with E-state index in [-0.39, 0.29) is 0 Å². The second-order valence-corrected chi connectivity index (χ2v) is 6.55. The highest BCUT2D eigenvalue weighted by atomic mass is 35.5. The molecule has 124 valence electrons. The number of nitrogens with zero attached hydrogens (tertiary/aromatic N) is 2. The van der Waals surface area contributed by atoms with Gasteiger partial charge in [-0.05, 0) is 55.2 Å². The maximum absolute atomic E-state index is 6.29. The minimum Gasteiger partial charge on any atom is -0.489 e. The van der Waals surface area contributed by atoms with Crippen molar-refractivity contribution in [2.24, 2.45) is 7.05 Å². The molecule has 3 aromatic rings. The normalized spacial score (nSPS) is 10.9. The van der Waals surface area contributed by atoms with Gasteiger partial charge in [0.1, 0.15) is 18.1 Å². The number of aromatic nitrogens is 2. The first-order valence-corrected chi connectivity index (χ1v) is 8.31. The molecule has 0 radical (unpaired) electrons. The fourth-order valence-electron chi connectivity index (χ4n) is 2.77. The van der Waals surface area contributed by atoms with E-state index in [4.69, 9.17) is 16.3 Å². The second-order valence-electron chi connectivity index (χ2n) is 6.15. The minimum atomic E-state index is 0.566. The van der Waals surface area contributed by atoms with Gasteiger partial charge in [0.15, 0.2) is 0 Å². The first-order chi connectivity index (χ1) is 11.5. The maximum Gasteiger partial charge on any atom is 0.123 e. The van der Waals surface area contributed by atoms with Crippen molar-refractivity contribution in [3.63, 3.8) is 0 Å². The maximum atomic E-state index is 6.29. The van der Waals surface area contributed by atoms with E-state index in [0.717, 1.165) is 28.1 Å². The summed E-state index contributed by atoms with van der Waals surface area (Å²) < 4.78 is 7.78. The standard InChI is InChI=1S/C20H21ClN2O/c1-13-7-5-6-8-16(13)12-24-19-10-14(2)17(9-15(19)3)20-18(21)11-23(4)22-20/h5-11H,12H2,1-4H3. The number of hydrogen-bond acceptors (Lipinski definition) is 2. The van der Waals surface area contributed by atoms with Gasteiger partial charge in [-0.25, -0.2) is 0 Å². The number of benzene rings is 2. The largest absolute Gasteiger partial charge is 0.489 e. The Labute approximate surface area is 147 Å². The van der Waals surface area contributed by atoms with E-state index in [9.17, 15) is 0 Å². The lowest BCUT2D eigenvalue weighted by atomic mass is 10.0. The van der Waals surface area contributed by atoms with Crippen molar-refractivity contribution in [3.05, 3.63) is 69.9 Å². The molecule has 4 heteroatoms. The summed E-state index contributed by atoms with van der Waals surface area (Å²) in [5.41, 5.74) is 6.47. The van der Waals surface area contributed by atoms with Crippen molar-refractivity contribution in [3.8, 4) is 17.0 Å². The summed E-state index contributed by atoms with van der Waals surface area (Å²) in [5, 5.41) is 5.12. The van der Waals surface area contributed by atoms with Crippen LogP contribution in [0.4, 0.5) is 0 Å². The van der Waals surface area contributed by atoms with Crippen molar-refractivity contribution in [2.75, 3.05) is 0 Å². The van der Waals surface area contributed by atoms with Crippen LogP contribution in [0, 0.1) is 20.8 Å². The Balaban J connectivity index is 1.88. The molecule has 0 aliphatic rings. The van der Waals surface area contributed by atoms with Crippen LogP contribution in [0.2, 0.25) is 5.02 Å². The van der Waals surface area contributed by atoms with E-state index >= 15 is 0 Å². The molecule has 0 aliphatic carbocycles. The minimum absolute atomic E-state index is 0.566. The average molecular weight is 341 g/mol. The average Bonchev–Trinajstić information content (AvgIpc) is 2.87. The van der Waals surface area contributed by atoms with Crippen LogP contribution in [0.3, 0.4) is 0 Å². The topological polar surface area (TPSA) is 27.1 Å². The summed E-state index contributed by atoms with van der Waals surface area (Å²) in [6.07, 6.45) is 1.81. The fourth-order valence-corrected chi connectivity index (χ4v) is 3.05. The van der Waals surface area contributed by atoms with Crippen LogP contribution in [0.15, 0.2) is 42.6 Å². The van der Waals surface area contributed by atoms with Gasteiger partial charge in [-0.2, -0.15) is 5.10 Å². The number of rotatable bonds is 4. The van der Waals surface area contributed by atoms with Crippen LogP contribution in [-0.4, -0.2) is 9.78 Å². The van der Waals surface area contributed by atoms with Crippen LogP contribution >= 0.6 is 11.6 Å². The lowest BCUT2D eigenvalue weighted by molar-refractivity contribution is 0.303. The van der Waals surface area contributed by atoms with Crippen LogP contribution in [0.25, 0.3) is 11.3 Å². The molecule has 1 heterocycles. The molecular formula is C20H21ClN2O. The van der Waals surface area contributed by atoms with E-state index in [2.05, 4.69) is 43.2 Å². The van der Waals surface area contributed by atoms with E-state index in [1.165, 1.54) is 11.1 Å². The molecule has 3 nitrogen and oxygen atoms in total. The van der Waals surface area contributed by atoms with Gasteiger partial charge < -0.3 is 4.74 Å². The number of ether oxygens (including phenoxy) is 1. The molecule has 0 saturated heterocycles. The van der Waals surface area contributed by atoms with Gasteiger partial charge in [0.2, 0.25) is 0 Å². The van der Waals surface area contributed by atoms with E-state index < -0.39 is 0 Å². The van der Waals surface area contributed by atoms with Gasteiger partial charge in [-0.15, -0.1) is 0 Å². The monoisotopic (exact) mass is 340 g/mol. The molecule has 0 saturated carbocycles. The highest BCUT2D eigenvalue weighted by Gasteiger charge is 2.13. The summed E-state index contributed by atoms with van der Waals surface area (Å²) in [4.78, 5) is 0. The van der Waals surface area contributed by atoms with Crippen LogP contribution in [0.5, 0.6) is 5.75 Å². The first kappa shape index (κ1) is 16.6. The molecule has 0 amide bonds. The molecule has 24 heavy (non-hydrogen) atoms. The van der Waals surface area contributed by atoms with Gasteiger partial charge in [-0.3, -0.25) is 4.68 Å².